The Balaban J connectivity index is 1.54. The Morgan fingerprint density at radius 2 is 1.86 bits per heavy atom. The molecule has 0 aliphatic rings. The summed E-state index contributed by atoms with van der Waals surface area (Å²) < 4.78 is 0. The van der Waals surface area contributed by atoms with Gasteiger partial charge in [0.05, 0.1) is 17.6 Å². The number of para-hydroxylation sites is 1. The number of amides is 2. The van der Waals surface area contributed by atoms with Crippen molar-refractivity contribution in [1.29, 1.82) is 0 Å². The van der Waals surface area contributed by atoms with E-state index in [0.29, 0.717) is 15.4 Å². The second kappa shape index (κ2) is 7.28. The number of thiophene rings is 1. The van der Waals surface area contributed by atoms with E-state index < -0.39 is 5.91 Å². The molecular weight excluding hydrogens is 372 g/mol. The fourth-order valence-corrected chi connectivity index (χ4v) is 4.02. The van der Waals surface area contributed by atoms with Crippen molar-refractivity contribution < 1.29 is 9.59 Å². The molecule has 4 N–H and O–H groups in total. The standard InChI is InChI=1S/C21H18N4O2S/c1-12-6-5-9-14-11-15-17(22)19(28-21(15)23-18(12)14)20(27)25-24-16(26)10-13-7-3-2-4-8-13/h2-9,11H,10,22H2,1H3,(H,24,26)(H,25,27). The van der Waals surface area contributed by atoms with E-state index in [0.717, 1.165) is 27.4 Å². The lowest BCUT2D eigenvalue weighted by atomic mass is 10.1. The molecule has 6 nitrogen and oxygen atoms in total. The van der Waals surface area contributed by atoms with Gasteiger partial charge in [-0.05, 0) is 24.1 Å². The van der Waals surface area contributed by atoms with Crippen molar-refractivity contribution in [3.63, 3.8) is 0 Å². The number of carbonyl (C=O) groups is 2. The Kier molecular flexibility index (Phi) is 4.67. The molecule has 0 unspecified atom stereocenters. The molecule has 0 aliphatic heterocycles. The smallest absolute Gasteiger partial charge is 0.281 e. The van der Waals surface area contributed by atoms with Crippen LogP contribution in [0, 0.1) is 6.92 Å². The maximum Gasteiger partial charge on any atom is 0.281 e. The second-order valence-corrected chi connectivity index (χ2v) is 7.50. The first-order valence-electron chi connectivity index (χ1n) is 8.74. The van der Waals surface area contributed by atoms with E-state index >= 15 is 0 Å². The number of hydrazine groups is 1. The number of carbonyl (C=O) groups excluding carboxylic acids is 2. The topological polar surface area (TPSA) is 97.1 Å². The molecule has 28 heavy (non-hydrogen) atoms. The lowest BCUT2D eigenvalue weighted by molar-refractivity contribution is -0.121. The van der Waals surface area contributed by atoms with Crippen LogP contribution in [0.25, 0.3) is 21.1 Å². The summed E-state index contributed by atoms with van der Waals surface area (Å²) in [6.45, 7) is 1.99. The number of hydrogen-bond donors (Lipinski definition) is 3. The summed E-state index contributed by atoms with van der Waals surface area (Å²) in [6.07, 6.45) is 0.176. The van der Waals surface area contributed by atoms with E-state index in [1.807, 2.05) is 61.5 Å². The van der Waals surface area contributed by atoms with Crippen LogP contribution in [0.15, 0.2) is 54.6 Å². The van der Waals surface area contributed by atoms with Crippen molar-refractivity contribution in [2.24, 2.45) is 0 Å². The summed E-state index contributed by atoms with van der Waals surface area (Å²) in [5.41, 5.74) is 14.2. The van der Waals surface area contributed by atoms with Gasteiger partial charge in [0.25, 0.3) is 5.91 Å². The highest BCUT2D eigenvalue weighted by Gasteiger charge is 2.18. The van der Waals surface area contributed by atoms with Crippen LogP contribution in [-0.4, -0.2) is 16.8 Å². The average Bonchev–Trinajstić information content (AvgIpc) is 3.02. The Morgan fingerprint density at radius 1 is 1.07 bits per heavy atom. The number of hydrogen-bond acceptors (Lipinski definition) is 5. The number of anilines is 1. The van der Waals surface area contributed by atoms with Crippen molar-refractivity contribution in [3.05, 3.63) is 70.6 Å². The van der Waals surface area contributed by atoms with Gasteiger partial charge < -0.3 is 5.73 Å². The van der Waals surface area contributed by atoms with Gasteiger partial charge >= 0.3 is 0 Å². The SMILES string of the molecule is Cc1cccc2cc3c(N)c(C(=O)NNC(=O)Cc4ccccc4)sc3nc12. The van der Waals surface area contributed by atoms with Gasteiger partial charge in [0.15, 0.2) is 0 Å². The van der Waals surface area contributed by atoms with E-state index in [4.69, 9.17) is 5.73 Å². The first-order chi connectivity index (χ1) is 13.5. The van der Waals surface area contributed by atoms with Crippen LogP contribution in [0.2, 0.25) is 0 Å². The van der Waals surface area contributed by atoms with Gasteiger partial charge in [0, 0.05) is 10.8 Å². The normalized spacial score (nSPS) is 10.9. The van der Waals surface area contributed by atoms with E-state index in [1.165, 1.54) is 11.3 Å². The van der Waals surface area contributed by atoms with Crippen LogP contribution in [0.5, 0.6) is 0 Å². The maximum absolute atomic E-state index is 12.5. The molecule has 0 radical (unpaired) electrons. The highest BCUT2D eigenvalue weighted by atomic mass is 32.1. The molecule has 0 atom stereocenters. The van der Waals surface area contributed by atoms with Crippen molar-refractivity contribution in [3.8, 4) is 0 Å². The van der Waals surface area contributed by atoms with Crippen LogP contribution < -0.4 is 16.6 Å². The lowest BCUT2D eigenvalue weighted by Gasteiger charge is -2.07. The molecule has 0 aliphatic carbocycles. The fourth-order valence-electron chi connectivity index (χ4n) is 3.05. The number of nitrogens with zero attached hydrogens (tertiary/aromatic N) is 1. The predicted octanol–water partition coefficient (Wildman–Crippen LogP) is 3.34. The van der Waals surface area contributed by atoms with E-state index in [2.05, 4.69) is 15.8 Å². The highest BCUT2D eigenvalue weighted by Crippen LogP contribution is 2.34. The minimum Gasteiger partial charge on any atom is -0.397 e. The lowest BCUT2D eigenvalue weighted by Crippen LogP contribution is -2.42. The fraction of sp³-hybridized carbons (Fsp3) is 0.0952. The number of aryl methyl sites for hydroxylation is 1. The minimum atomic E-state index is -0.456. The van der Waals surface area contributed by atoms with Crippen LogP contribution >= 0.6 is 11.3 Å². The number of nitrogens with one attached hydrogen (secondary N) is 2. The molecule has 140 valence electrons. The van der Waals surface area contributed by atoms with Crippen molar-refractivity contribution in [1.82, 2.24) is 15.8 Å². The summed E-state index contributed by atoms with van der Waals surface area (Å²) in [6, 6.07) is 17.2. The van der Waals surface area contributed by atoms with Gasteiger partial charge in [-0.2, -0.15) is 0 Å². The second-order valence-electron chi connectivity index (χ2n) is 6.50. The summed E-state index contributed by atoms with van der Waals surface area (Å²) in [5.74, 6) is -0.763. The number of nitrogens with two attached hydrogens (primary N) is 1. The average molecular weight is 390 g/mol. The molecular formula is C21H18N4O2S. The highest BCUT2D eigenvalue weighted by molar-refractivity contribution is 7.21. The zero-order valence-electron chi connectivity index (χ0n) is 15.2. The van der Waals surface area contributed by atoms with Gasteiger partial charge in [-0.3, -0.25) is 20.4 Å². The molecule has 2 heterocycles. The van der Waals surface area contributed by atoms with E-state index in [1.54, 1.807) is 0 Å². The molecule has 2 amide bonds. The van der Waals surface area contributed by atoms with Gasteiger partial charge in [-0.1, -0.05) is 48.5 Å². The number of pyridine rings is 1. The third-order valence-electron chi connectivity index (χ3n) is 4.48. The van der Waals surface area contributed by atoms with Crippen LogP contribution in [0.4, 0.5) is 5.69 Å². The van der Waals surface area contributed by atoms with Crippen LogP contribution in [-0.2, 0) is 11.2 Å². The molecule has 0 bridgehead atoms. The van der Waals surface area contributed by atoms with Crippen LogP contribution in [0.1, 0.15) is 20.8 Å². The Hall–Kier alpha value is -3.45. The van der Waals surface area contributed by atoms with Crippen molar-refractivity contribution >= 4 is 50.0 Å². The molecule has 0 saturated carbocycles. The minimum absolute atomic E-state index is 0.176. The van der Waals surface area contributed by atoms with Gasteiger partial charge in [-0.25, -0.2) is 4.98 Å². The summed E-state index contributed by atoms with van der Waals surface area (Å²) in [7, 11) is 0. The number of rotatable bonds is 3. The number of aromatic nitrogens is 1. The monoisotopic (exact) mass is 390 g/mol. The van der Waals surface area contributed by atoms with Crippen LogP contribution in [0.3, 0.4) is 0 Å². The van der Waals surface area contributed by atoms with Crippen molar-refractivity contribution in [2.75, 3.05) is 5.73 Å². The number of nitrogen functional groups attached to an aromatic ring is 1. The summed E-state index contributed by atoms with van der Waals surface area (Å²) >= 11 is 1.21. The van der Waals surface area contributed by atoms with Gasteiger partial charge in [0.2, 0.25) is 5.91 Å². The quantitative estimate of drug-likeness (QED) is 0.467. The zero-order chi connectivity index (χ0) is 19.7. The maximum atomic E-state index is 12.5. The molecule has 4 rings (SSSR count). The molecule has 0 fully saturated rings. The number of benzene rings is 2. The summed E-state index contributed by atoms with van der Waals surface area (Å²) in [5, 5.41) is 1.71. The van der Waals surface area contributed by atoms with E-state index in [9.17, 15) is 9.59 Å². The largest absolute Gasteiger partial charge is 0.397 e. The molecule has 2 aromatic carbocycles. The first kappa shape index (κ1) is 17.9. The molecule has 0 saturated heterocycles. The third-order valence-corrected chi connectivity index (χ3v) is 5.59. The molecule has 7 heteroatoms. The molecule has 4 aromatic rings. The Morgan fingerprint density at radius 3 is 2.64 bits per heavy atom. The van der Waals surface area contributed by atoms with Gasteiger partial charge in [0.1, 0.15) is 9.71 Å². The number of fused-ring (bicyclic) bond motifs is 2. The first-order valence-corrected chi connectivity index (χ1v) is 9.56. The van der Waals surface area contributed by atoms with Gasteiger partial charge in [-0.15, -0.1) is 11.3 Å². The molecule has 0 spiro atoms. The molecule has 2 aromatic heterocycles. The zero-order valence-corrected chi connectivity index (χ0v) is 16.0. The van der Waals surface area contributed by atoms with Crippen molar-refractivity contribution in [2.45, 2.75) is 13.3 Å². The van der Waals surface area contributed by atoms with E-state index in [-0.39, 0.29) is 12.3 Å². The third kappa shape index (κ3) is 3.39. The Bertz CT molecular complexity index is 1200. The predicted molar refractivity (Wildman–Crippen MR) is 112 cm³/mol. The summed E-state index contributed by atoms with van der Waals surface area (Å²) in [4.78, 5) is 30.3. The Labute approximate surface area is 165 Å².